The maximum Gasteiger partial charge on any atom is 0.389 e. The van der Waals surface area contributed by atoms with E-state index < -0.39 is 18.2 Å². The summed E-state index contributed by atoms with van der Waals surface area (Å²) in [6, 6.07) is -0.0607. The maximum absolute atomic E-state index is 12.0. The second-order valence-electron chi connectivity index (χ2n) is 4.83. The average Bonchev–Trinajstić information content (AvgIpc) is 2.17. The smallest absolute Gasteiger partial charge is 0.389 e. The minimum Gasteiger partial charge on any atom is -0.389 e. The summed E-state index contributed by atoms with van der Waals surface area (Å²) in [5, 5.41) is 13.3. The summed E-state index contributed by atoms with van der Waals surface area (Å²) < 4.78 is 35.9. The van der Waals surface area contributed by atoms with Gasteiger partial charge in [-0.25, -0.2) is 0 Å². The Bertz CT molecular complexity index is 210. The number of piperidine rings is 1. The van der Waals surface area contributed by atoms with Crippen LogP contribution in [-0.2, 0) is 0 Å². The van der Waals surface area contributed by atoms with Crippen LogP contribution in [0.3, 0.4) is 0 Å². The molecule has 0 aromatic heterocycles. The van der Waals surface area contributed by atoms with Crippen LogP contribution in [0.15, 0.2) is 0 Å². The molecule has 5 heteroatoms. The van der Waals surface area contributed by atoms with Crippen LogP contribution in [0.2, 0.25) is 0 Å². The summed E-state index contributed by atoms with van der Waals surface area (Å²) >= 11 is 0. The monoisotopic (exact) mass is 239 g/mol. The van der Waals surface area contributed by atoms with Crippen molar-refractivity contribution in [2.24, 2.45) is 0 Å². The molecule has 0 aliphatic carbocycles. The predicted octanol–water partition coefficient (Wildman–Crippen LogP) is 2.61. The molecule has 0 aromatic carbocycles. The Kier molecular flexibility index (Phi) is 4.62. The second-order valence-corrected chi connectivity index (χ2v) is 4.83. The van der Waals surface area contributed by atoms with E-state index in [4.69, 9.17) is 0 Å². The lowest BCUT2D eigenvalue weighted by molar-refractivity contribution is -0.138. The van der Waals surface area contributed by atoms with Crippen LogP contribution in [0.1, 0.15) is 45.4 Å². The average molecular weight is 239 g/mol. The van der Waals surface area contributed by atoms with Crippen molar-refractivity contribution in [2.75, 3.05) is 6.54 Å². The first kappa shape index (κ1) is 13.8. The van der Waals surface area contributed by atoms with Crippen LogP contribution in [0, 0.1) is 0 Å². The molecule has 2 N–H and O–H groups in total. The van der Waals surface area contributed by atoms with Gasteiger partial charge < -0.3 is 10.4 Å². The van der Waals surface area contributed by atoms with E-state index in [1.54, 1.807) is 6.92 Å². The molecule has 1 rings (SSSR count). The molecule has 2 atom stereocenters. The van der Waals surface area contributed by atoms with Crippen molar-refractivity contribution in [3.05, 3.63) is 0 Å². The Morgan fingerprint density at radius 1 is 1.25 bits per heavy atom. The highest BCUT2D eigenvalue weighted by Crippen LogP contribution is 2.28. The Hall–Kier alpha value is -0.290. The molecule has 2 nitrogen and oxygen atoms in total. The Morgan fingerprint density at radius 3 is 2.44 bits per heavy atom. The Balaban J connectivity index is 2.32. The Labute approximate surface area is 94.2 Å². The van der Waals surface area contributed by atoms with Gasteiger partial charge in [0.25, 0.3) is 0 Å². The highest BCUT2D eigenvalue weighted by Gasteiger charge is 2.34. The SMILES string of the molecule is CC(O)(CCCC(F)(F)F)C1CCCCN1. The van der Waals surface area contributed by atoms with Gasteiger partial charge in [-0.3, -0.25) is 0 Å². The molecule has 1 fully saturated rings. The fourth-order valence-electron chi connectivity index (χ4n) is 2.20. The lowest BCUT2D eigenvalue weighted by Gasteiger charge is -2.36. The largest absolute Gasteiger partial charge is 0.389 e. The standard InChI is InChI=1S/C11H20F3NO/c1-10(16,6-4-7-11(12,13)14)9-5-2-3-8-15-9/h9,15-16H,2-8H2,1H3. The first-order chi connectivity index (χ1) is 7.31. The van der Waals surface area contributed by atoms with Gasteiger partial charge in [-0.2, -0.15) is 13.2 Å². The predicted molar refractivity (Wildman–Crippen MR) is 56.2 cm³/mol. The maximum atomic E-state index is 12.0. The van der Waals surface area contributed by atoms with Crippen LogP contribution in [0.4, 0.5) is 13.2 Å². The summed E-state index contributed by atoms with van der Waals surface area (Å²) in [5.41, 5.74) is -1.02. The lowest BCUT2D eigenvalue weighted by Crippen LogP contribution is -2.51. The van der Waals surface area contributed by atoms with E-state index >= 15 is 0 Å². The Morgan fingerprint density at radius 2 is 1.94 bits per heavy atom. The molecule has 1 aliphatic rings. The van der Waals surface area contributed by atoms with Crippen molar-refractivity contribution >= 4 is 0 Å². The third-order valence-electron chi connectivity index (χ3n) is 3.20. The quantitative estimate of drug-likeness (QED) is 0.790. The summed E-state index contributed by atoms with van der Waals surface area (Å²) in [5.74, 6) is 0. The molecule has 0 amide bonds. The van der Waals surface area contributed by atoms with Crippen LogP contribution in [0.5, 0.6) is 0 Å². The molecule has 0 spiro atoms. The highest BCUT2D eigenvalue weighted by atomic mass is 19.4. The van der Waals surface area contributed by atoms with E-state index in [1.165, 1.54) is 0 Å². The van der Waals surface area contributed by atoms with E-state index in [-0.39, 0.29) is 18.9 Å². The summed E-state index contributed by atoms with van der Waals surface area (Å²) in [4.78, 5) is 0. The number of rotatable bonds is 4. The van der Waals surface area contributed by atoms with E-state index in [0.717, 1.165) is 25.8 Å². The molecular formula is C11H20F3NO. The van der Waals surface area contributed by atoms with Crippen LogP contribution in [-0.4, -0.2) is 29.5 Å². The van der Waals surface area contributed by atoms with Crippen LogP contribution < -0.4 is 5.32 Å². The summed E-state index contributed by atoms with van der Waals surface area (Å²) in [6.45, 7) is 2.48. The van der Waals surface area contributed by atoms with Gasteiger partial charge in [0, 0.05) is 12.5 Å². The van der Waals surface area contributed by atoms with E-state index in [1.807, 2.05) is 0 Å². The number of nitrogens with one attached hydrogen (secondary N) is 1. The molecule has 1 heterocycles. The number of halogens is 3. The van der Waals surface area contributed by atoms with Gasteiger partial charge in [0.05, 0.1) is 5.60 Å². The van der Waals surface area contributed by atoms with Gasteiger partial charge in [0.15, 0.2) is 0 Å². The number of hydrogen-bond donors (Lipinski definition) is 2. The van der Waals surface area contributed by atoms with Crippen molar-refractivity contribution in [1.82, 2.24) is 5.32 Å². The minimum absolute atomic E-state index is 0.00528. The fraction of sp³-hybridized carbons (Fsp3) is 1.00. The molecular weight excluding hydrogens is 219 g/mol. The van der Waals surface area contributed by atoms with E-state index in [2.05, 4.69) is 5.32 Å². The molecule has 96 valence electrons. The third kappa shape index (κ3) is 4.70. The van der Waals surface area contributed by atoms with Gasteiger partial charge in [-0.05, 0) is 39.2 Å². The molecule has 2 unspecified atom stereocenters. The van der Waals surface area contributed by atoms with Crippen molar-refractivity contribution in [1.29, 1.82) is 0 Å². The van der Waals surface area contributed by atoms with Crippen LogP contribution in [0.25, 0.3) is 0 Å². The zero-order valence-electron chi connectivity index (χ0n) is 9.61. The normalized spacial score (nSPS) is 26.4. The number of aliphatic hydroxyl groups is 1. The number of alkyl halides is 3. The molecule has 1 saturated heterocycles. The van der Waals surface area contributed by atoms with E-state index in [9.17, 15) is 18.3 Å². The fourth-order valence-corrected chi connectivity index (χ4v) is 2.20. The highest BCUT2D eigenvalue weighted by molar-refractivity contribution is 4.89. The minimum atomic E-state index is -4.12. The zero-order valence-corrected chi connectivity index (χ0v) is 9.61. The first-order valence-electron chi connectivity index (χ1n) is 5.84. The van der Waals surface area contributed by atoms with Gasteiger partial charge in [-0.15, -0.1) is 0 Å². The molecule has 0 radical (unpaired) electrons. The first-order valence-corrected chi connectivity index (χ1v) is 5.84. The van der Waals surface area contributed by atoms with Crippen molar-refractivity contribution in [3.8, 4) is 0 Å². The summed E-state index contributed by atoms with van der Waals surface area (Å²) in [6.07, 6.45) is -1.77. The van der Waals surface area contributed by atoms with E-state index in [0.29, 0.717) is 0 Å². The van der Waals surface area contributed by atoms with Crippen molar-refractivity contribution < 1.29 is 18.3 Å². The molecule has 16 heavy (non-hydrogen) atoms. The molecule has 0 aromatic rings. The van der Waals surface area contributed by atoms with Gasteiger partial charge in [0.1, 0.15) is 0 Å². The van der Waals surface area contributed by atoms with Gasteiger partial charge in [-0.1, -0.05) is 6.42 Å². The summed E-state index contributed by atoms with van der Waals surface area (Å²) in [7, 11) is 0. The van der Waals surface area contributed by atoms with Crippen molar-refractivity contribution in [2.45, 2.75) is 63.3 Å². The molecule has 1 aliphatic heterocycles. The van der Waals surface area contributed by atoms with Gasteiger partial charge in [0.2, 0.25) is 0 Å². The lowest BCUT2D eigenvalue weighted by atomic mass is 9.85. The van der Waals surface area contributed by atoms with Crippen LogP contribution >= 0.6 is 0 Å². The van der Waals surface area contributed by atoms with Crippen molar-refractivity contribution in [3.63, 3.8) is 0 Å². The topological polar surface area (TPSA) is 32.3 Å². The molecule has 0 bridgehead atoms. The number of hydrogen-bond acceptors (Lipinski definition) is 2. The third-order valence-corrected chi connectivity index (χ3v) is 3.20. The van der Waals surface area contributed by atoms with Gasteiger partial charge >= 0.3 is 6.18 Å². The molecule has 0 saturated carbocycles. The second kappa shape index (κ2) is 5.36. The zero-order chi connectivity index (χ0) is 12.2.